The van der Waals surface area contributed by atoms with E-state index < -0.39 is 46.4 Å². The highest BCUT2D eigenvalue weighted by Crippen LogP contribution is 2.18. The van der Waals surface area contributed by atoms with Crippen LogP contribution in [0.25, 0.3) is 0 Å². The fourth-order valence-electron chi connectivity index (χ4n) is 1.81. The van der Waals surface area contributed by atoms with Crippen molar-refractivity contribution in [3.63, 3.8) is 0 Å². The third kappa shape index (κ3) is 6.08. The highest BCUT2D eigenvalue weighted by molar-refractivity contribution is 7.89. The highest BCUT2D eigenvalue weighted by Gasteiger charge is 2.26. The fourth-order valence-corrected chi connectivity index (χ4v) is 2.77. The highest BCUT2D eigenvalue weighted by atomic mass is 32.2. The Kier molecular flexibility index (Phi) is 6.27. The molecule has 1 aromatic carbocycles. The summed E-state index contributed by atoms with van der Waals surface area (Å²) in [6.07, 6.45) is 0.406. The summed E-state index contributed by atoms with van der Waals surface area (Å²) in [5.41, 5.74) is 0. The zero-order valence-corrected chi connectivity index (χ0v) is 14.6. The first kappa shape index (κ1) is 19.8. The van der Waals surface area contributed by atoms with Crippen molar-refractivity contribution < 1.29 is 31.9 Å². The third-order valence-corrected chi connectivity index (χ3v) is 4.77. The zero-order chi connectivity index (χ0) is 19.3. The fraction of sp³-hybridized carbons (Fsp3) is 0.400. The number of rotatable bonds is 7. The lowest BCUT2D eigenvalue weighted by Crippen LogP contribution is -2.46. The van der Waals surface area contributed by atoms with E-state index in [0.29, 0.717) is 0 Å². The third-order valence-electron chi connectivity index (χ3n) is 3.36. The molecular formula is C15H18FN3O6S. The lowest BCUT2D eigenvalue weighted by molar-refractivity contribution is -0.153. The predicted molar refractivity (Wildman–Crippen MR) is 86.8 cm³/mol. The van der Waals surface area contributed by atoms with Gasteiger partial charge in [-0.3, -0.25) is 14.9 Å². The van der Waals surface area contributed by atoms with E-state index in [1.54, 1.807) is 0 Å². The van der Waals surface area contributed by atoms with Gasteiger partial charge in [-0.15, -0.1) is 0 Å². The topological polar surface area (TPSA) is 131 Å². The molecule has 1 aliphatic carbocycles. The van der Waals surface area contributed by atoms with E-state index in [1.807, 2.05) is 10.0 Å². The largest absolute Gasteiger partial charge is 0.452 e. The van der Waals surface area contributed by atoms with Gasteiger partial charge in [0.2, 0.25) is 10.0 Å². The number of amides is 3. The molecule has 0 bridgehead atoms. The summed E-state index contributed by atoms with van der Waals surface area (Å²) in [5, 5.41) is 4.55. The number of carbonyl (C=O) groups is 3. The van der Waals surface area contributed by atoms with Crippen LogP contribution in [0.5, 0.6) is 0 Å². The van der Waals surface area contributed by atoms with E-state index >= 15 is 0 Å². The number of esters is 1. The van der Waals surface area contributed by atoms with Crippen LogP contribution in [-0.4, -0.2) is 45.0 Å². The monoisotopic (exact) mass is 387 g/mol. The molecule has 1 fully saturated rings. The number of urea groups is 1. The Labute approximate surface area is 149 Å². The predicted octanol–water partition coefficient (Wildman–Crippen LogP) is 0.0239. The van der Waals surface area contributed by atoms with Gasteiger partial charge < -0.3 is 10.1 Å². The summed E-state index contributed by atoms with van der Waals surface area (Å²) >= 11 is 0. The number of benzene rings is 1. The summed E-state index contributed by atoms with van der Waals surface area (Å²) in [5.74, 6) is -2.45. The molecule has 0 radical (unpaired) electrons. The second-order valence-electron chi connectivity index (χ2n) is 5.65. The van der Waals surface area contributed by atoms with Gasteiger partial charge in [-0.2, -0.15) is 4.72 Å². The Morgan fingerprint density at radius 3 is 2.42 bits per heavy atom. The standard InChI is InChI=1S/C15H18FN3O6S/c1-9(14(21)19-15(22)18-11-4-5-11)25-13(20)8-17-26(23,24)12-6-2-10(16)3-7-12/h2-3,6-7,9,11,17H,4-5,8H2,1H3,(H2,18,19,21,22)/t9-/m0/s1. The Morgan fingerprint density at radius 1 is 1.23 bits per heavy atom. The molecule has 142 valence electrons. The van der Waals surface area contributed by atoms with Crippen LogP contribution in [0.1, 0.15) is 19.8 Å². The van der Waals surface area contributed by atoms with Crippen LogP contribution >= 0.6 is 0 Å². The van der Waals surface area contributed by atoms with Crippen molar-refractivity contribution in [3.8, 4) is 0 Å². The van der Waals surface area contributed by atoms with E-state index in [0.717, 1.165) is 37.1 Å². The Morgan fingerprint density at radius 2 is 1.85 bits per heavy atom. The molecule has 1 aliphatic rings. The van der Waals surface area contributed by atoms with Gasteiger partial charge in [-0.1, -0.05) is 0 Å². The number of sulfonamides is 1. The number of hydrogen-bond acceptors (Lipinski definition) is 6. The number of carbonyl (C=O) groups excluding carboxylic acids is 3. The quantitative estimate of drug-likeness (QED) is 0.566. The maximum atomic E-state index is 12.8. The number of nitrogens with one attached hydrogen (secondary N) is 3. The van der Waals surface area contributed by atoms with Crippen molar-refractivity contribution in [2.75, 3.05) is 6.54 Å². The van der Waals surface area contributed by atoms with Crippen LogP contribution in [-0.2, 0) is 24.3 Å². The molecule has 0 saturated heterocycles. The molecule has 0 spiro atoms. The van der Waals surface area contributed by atoms with Crippen molar-refractivity contribution in [1.82, 2.24) is 15.4 Å². The van der Waals surface area contributed by atoms with E-state index in [1.165, 1.54) is 6.92 Å². The summed E-state index contributed by atoms with van der Waals surface area (Å²) in [6, 6.07) is 3.38. The number of halogens is 1. The van der Waals surface area contributed by atoms with Crippen molar-refractivity contribution in [1.29, 1.82) is 0 Å². The molecule has 11 heteroatoms. The second-order valence-corrected chi connectivity index (χ2v) is 7.41. The van der Waals surface area contributed by atoms with Crippen molar-refractivity contribution in [2.45, 2.75) is 36.8 Å². The SMILES string of the molecule is C[C@H](OC(=O)CNS(=O)(=O)c1ccc(F)cc1)C(=O)NC(=O)NC1CC1. The van der Waals surface area contributed by atoms with Crippen molar-refractivity contribution >= 4 is 27.9 Å². The van der Waals surface area contributed by atoms with Gasteiger partial charge in [0.05, 0.1) is 4.90 Å². The Balaban J connectivity index is 1.78. The minimum absolute atomic E-state index is 0.0570. The van der Waals surface area contributed by atoms with Crippen LogP contribution < -0.4 is 15.4 Å². The van der Waals surface area contributed by atoms with Crippen LogP contribution in [0.4, 0.5) is 9.18 Å². The molecule has 0 aliphatic heterocycles. The molecule has 1 saturated carbocycles. The van der Waals surface area contributed by atoms with Crippen molar-refractivity contribution in [3.05, 3.63) is 30.1 Å². The summed E-state index contributed by atoms with van der Waals surface area (Å²) in [6.45, 7) is 0.512. The van der Waals surface area contributed by atoms with Crippen LogP contribution in [0.2, 0.25) is 0 Å². The van der Waals surface area contributed by atoms with Crippen LogP contribution in [0.3, 0.4) is 0 Å². The van der Waals surface area contributed by atoms with Gasteiger partial charge in [-0.05, 0) is 44.0 Å². The van der Waals surface area contributed by atoms with E-state index in [-0.39, 0.29) is 10.9 Å². The second kappa shape index (κ2) is 8.23. The van der Waals surface area contributed by atoms with Gasteiger partial charge in [0.15, 0.2) is 6.10 Å². The van der Waals surface area contributed by atoms with Crippen LogP contribution in [0, 0.1) is 5.82 Å². The van der Waals surface area contributed by atoms with Gasteiger partial charge >= 0.3 is 12.0 Å². The number of imide groups is 1. The first-order valence-electron chi connectivity index (χ1n) is 7.73. The molecule has 2 rings (SSSR count). The van der Waals surface area contributed by atoms with Gasteiger partial charge in [-0.25, -0.2) is 17.6 Å². The normalized spacial score (nSPS) is 15.0. The minimum atomic E-state index is -4.04. The average molecular weight is 387 g/mol. The van der Waals surface area contributed by atoms with Gasteiger partial charge in [0.25, 0.3) is 5.91 Å². The molecular weight excluding hydrogens is 369 g/mol. The number of hydrogen-bond donors (Lipinski definition) is 3. The van der Waals surface area contributed by atoms with E-state index in [4.69, 9.17) is 4.74 Å². The molecule has 26 heavy (non-hydrogen) atoms. The molecule has 3 N–H and O–H groups in total. The maximum Gasteiger partial charge on any atom is 0.321 e. The molecule has 0 heterocycles. The average Bonchev–Trinajstić information content (AvgIpc) is 3.37. The van der Waals surface area contributed by atoms with Crippen LogP contribution in [0.15, 0.2) is 29.2 Å². The lowest BCUT2D eigenvalue weighted by atomic mass is 10.4. The zero-order valence-electron chi connectivity index (χ0n) is 13.8. The lowest BCUT2D eigenvalue weighted by Gasteiger charge is -2.13. The number of ether oxygens (including phenoxy) is 1. The van der Waals surface area contributed by atoms with E-state index in [9.17, 15) is 27.2 Å². The van der Waals surface area contributed by atoms with Gasteiger partial charge in [0.1, 0.15) is 12.4 Å². The van der Waals surface area contributed by atoms with Crippen molar-refractivity contribution in [2.24, 2.45) is 0 Å². The molecule has 1 atom stereocenters. The van der Waals surface area contributed by atoms with E-state index in [2.05, 4.69) is 5.32 Å². The first-order valence-corrected chi connectivity index (χ1v) is 9.22. The minimum Gasteiger partial charge on any atom is -0.452 e. The molecule has 1 aromatic rings. The Bertz CT molecular complexity index is 792. The summed E-state index contributed by atoms with van der Waals surface area (Å²) in [7, 11) is -4.04. The smallest absolute Gasteiger partial charge is 0.321 e. The maximum absolute atomic E-state index is 12.8. The summed E-state index contributed by atoms with van der Waals surface area (Å²) in [4.78, 5) is 34.6. The first-order chi connectivity index (χ1) is 12.2. The van der Waals surface area contributed by atoms with Gasteiger partial charge in [0, 0.05) is 6.04 Å². The summed E-state index contributed by atoms with van der Waals surface area (Å²) < 4.78 is 43.5. The molecule has 9 nitrogen and oxygen atoms in total. The molecule has 3 amide bonds. The molecule has 0 unspecified atom stereocenters. The Hall–Kier alpha value is -2.53. The molecule has 0 aromatic heterocycles.